The Morgan fingerprint density at radius 3 is 2.00 bits per heavy atom. The first-order valence-corrected chi connectivity index (χ1v) is 2.33. The van der Waals surface area contributed by atoms with Gasteiger partial charge in [0.1, 0.15) is 0 Å². The molecule has 0 spiro atoms. The number of aliphatic imine (C=N–C) groups is 1. The number of hydrogen-bond acceptors (Lipinski definition) is 2. The van der Waals surface area contributed by atoms with Crippen LogP contribution in [-0.4, -0.2) is 13.3 Å². The summed E-state index contributed by atoms with van der Waals surface area (Å²) in [4.78, 5) is 3.77. The molecule has 0 aliphatic rings. The molecule has 0 saturated carbocycles. The van der Waals surface area contributed by atoms with Crippen molar-refractivity contribution in [3.8, 4) is 0 Å². The lowest BCUT2D eigenvalue weighted by Gasteiger charge is -1.77. The third kappa shape index (κ3) is 9.03. The van der Waals surface area contributed by atoms with Crippen LogP contribution in [0.3, 0.4) is 0 Å². The molecule has 0 aliphatic heterocycles. The summed E-state index contributed by atoms with van der Waals surface area (Å²) >= 11 is 0. The molecule has 2 nitrogen and oxygen atoms in total. The van der Waals surface area contributed by atoms with Crippen LogP contribution in [0.2, 0.25) is 0 Å². The molecule has 0 radical (unpaired) electrons. The predicted octanol–water partition coefficient (Wildman–Crippen LogP) is 1.82. The number of nitrogens with zero attached hydrogens (tertiary/aromatic N) is 1. The Hall–Kier alpha value is -0.630. The van der Waals surface area contributed by atoms with Crippen LogP contribution in [0, 0.1) is 0 Å². The normalized spacial score (nSPS) is 8.38. The SMILES string of the molecule is CN=CC=C(C)C.N. The summed E-state index contributed by atoms with van der Waals surface area (Å²) in [6.45, 7) is 4.09. The van der Waals surface area contributed by atoms with E-state index in [4.69, 9.17) is 0 Å². The zero-order chi connectivity index (χ0) is 5.70. The minimum atomic E-state index is 0. The van der Waals surface area contributed by atoms with E-state index in [1.807, 2.05) is 19.9 Å². The van der Waals surface area contributed by atoms with Gasteiger partial charge in [0.25, 0.3) is 0 Å². The van der Waals surface area contributed by atoms with Gasteiger partial charge in [0.2, 0.25) is 0 Å². The second kappa shape index (κ2) is 6.37. The molecule has 3 N–H and O–H groups in total. The Bertz CT molecular complexity index is 88.7. The fourth-order valence-corrected chi connectivity index (χ4v) is 0.224. The molecule has 0 unspecified atom stereocenters. The van der Waals surface area contributed by atoms with Crippen LogP contribution in [0.4, 0.5) is 0 Å². The zero-order valence-electron chi connectivity index (χ0n) is 5.81. The van der Waals surface area contributed by atoms with Crippen LogP contribution in [0.15, 0.2) is 16.6 Å². The van der Waals surface area contributed by atoms with Crippen LogP contribution in [-0.2, 0) is 0 Å². The quantitative estimate of drug-likeness (QED) is 0.519. The first-order chi connectivity index (χ1) is 3.27. The van der Waals surface area contributed by atoms with Crippen molar-refractivity contribution in [2.75, 3.05) is 7.05 Å². The topological polar surface area (TPSA) is 47.4 Å². The molecule has 0 aromatic rings. The van der Waals surface area contributed by atoms with Gasteiger partial charge in [-0.1, -0.05) is 5.57 Å². The molecule has 0 saturated heterocycles. The standard InChI is InChI=1S/C6H11N.H3N/c1-6(2)4-5-7-3;/h4-5H,1-3H3;1H3. The van der Waals surface area contributed by atoms with Crippen molar-refractivity contribution >= 4 is 6.21 Å². The van der Waals surface area contributed by atoms with Crippen LogP contribution < -0.4 is 6.15 Å². The van der Waals surface area contributed by atoms with Gasteiger partial charge in [0.05, 0.1) is 0 Å². The van der Waals surface area contributed by atoms with Crippen LogP contribution in [0.5, 0.6) is 0 Å². The van der Waals surface area contributed by atoms with Crippen molar-refractivity contribution in [1.82, 2.24) is 6.15 Å². The highest BCUT2D eigenvalue weighted by atomic mass is 14.6. The minimum absolute atomic E-state index is 0. The van der Waals surface area contributed by atoms with Crippen molar-refractivity contribution in [2.24, 2.45) is 4.99 Å². The Labute approximate surface area is 50.9 Å². The molecule has 0 atom stereocenters. The minimum Gasteiger partial charge on any atom is -0.344 e. The number of allylic oxidation sites excluding steroid dienone is 2. The molecule has 0 aromatic heterocycles. The summed E-state index contributed by atoms with van der Waals surface area (Å²) in [5, 5.41) is 0. The average Bonchev–Trinajstić information content (AvgIpc) is 1.61. The molecule has 0 aromatic carbocycles. The summed E-state index contributed by atoms with van der Waals surface area (Å²) < 4.78 is 0. The van der Waals surface area contributed by atoms with E-state index in [0.717, 1.165) is 0 Å². The lowest BCUT2D eigenvalue weighted by Crippen LogP contribution is -1.65. The van der Waals surface area contributed by atoms with Gasteiger partial charge in [-0.05, 0) is 19.9 Å². The van der Waals surface area contributed by atoms with E-state index in [1.165, 1.54) is 5.57 Å². The Kier molecular flexibility index (Phi) is 8.26. The van der Waals surface area contributed by atoms with Crippen LogP contribution >= 0.6 is 0 Å². The number of rotatable bonds is 1. The van der Waals surface area contributed by atoms with E-state index in [9.17, 15) is 0 Å². The first kappa shape index (κ1) is 10.4. The van der Waals surface area contributed by atoms with Gasteiger partial charge >= 0.3 is 0 Å². The van der Waals surface area contributed by atoms with Gasteiger partial charge in [-0.2, -0.15) is 0 Å². The number of hydrogen-bond donors (Lipinski definition) is 1. The molecule has 0 amide bonds. The van der Waals surface area contributed by atoms with Crippen molar-refractivity contribution in [3.05, 3.63) is 11.6 Å². The molecular formula is C6H14N2. The first-order valence-electron chi connectivity index (χ1n) is 2.33. The third-order valence-electron chi connectivity index (χ3n) is 0.557. The molecule has 0 heterocycles. The summed E-state index contributed by atoms with van der Waals surface area (Å²) in [6, 6.07) is 0. The monoisotopic (exact) mass is 114 g/mol. The molecule has 0 aliphatic carbocycles. The van der Waals surface area contributed by atoms with Crippen molar-refractivity contribution in [1.29, 1.82) is 0 Å². The van der Waals surface area contributed by atoms with Crippen molar-refractivity contribution in [3.63, 3.8) is 0 Å². The van der Waals surface area contributed by atoms with Gasteiger partial charge in [-0.3, -0.25) is 4.99 Å². The largest absolute Gasteiger partial charge is 0.344 e. The summed E-state index contributed by atoms with van der Waals surface area (Å²) in [6.07, 6.45) is 3.76. The molecule has 0 fully saturated rings. The maximum Gasteiger partial charge on any atom is 0.0277 e. The molecule has 8 heavy (non-hydrogen) atoms. The molecular weight excluding hydrogens is 100 g/mol. The van der Waals surface area contributed by atoms with Gasteiger partial charge in [-0.25, -0.2) is 0 Å². The maximum atomic E-state index is 3.77. The maximum absolute atomic E-state index is 3.77. The summed E-state index contributed by atoms with van der Waals surface area (Å²) in [5.74, 6) is 0. The summed E-state index contributed by atoms with van der Waals surface area (Å²) in [5.41, 5.74) is 1.28. The highest BCUT2D eigenvalue weighted by molar-refractivity contribution is 5.71. The van der Waals surface area contributed by atoms with E-state index in [-0.39, 0.29) is 6.15 Å². The van der Waals surface area contributed by atoms with E-state index in [2.05, 4.69) is 4.99 Å². The highest BCUT2D eigenvalue weighted by Crippen LogP contribution is 1.82. The molecule has 48 valence electrons. The third-order valence-corrected chi connectivity index (χ3v) is 0.557. The molecule has 0 bridgehead atoms. The second-order valence-corrected chi connectivity index (χ2v) is 1.65. The van der Waals surface area contributed by atoms with Crippen molar-refractivity contribution in [2.45, 2.75) is 13.8 Å². The van der Waals surface area contributed by atoms with Crippen molar-refractivity contribution < 1.29 is 0 Å². The van der Waals surface area contributed by atoms with Gasteiger partial charge in [0.15, 0.2) is 0 Å². The van der Waals surface area contributed by atoms with E-state index < -0.39 is 0 Å². The fourth-order valence-electron chi connectivity index (χ4n) is 0.224. The second-order valence-electron chi connectivity index (χ2n) is 1.65. The predicted molar refractivity (Wildman–Crippen MR) is 38.9 cm³/mol. The lowest BCUT2D eigenvalue weighted by molar-refractivity contribution is 1.40. The van der Waals surface area contributed by atoms with Crippen LogP contribution in [0.25, 0.3) is 0 Å². The highest BCUT2D eigenvalue weighted by Gasteiger charge is 1.66. The Balaban J connectivity index is 0. The van der Waals surface area contributed by atoms with E-state index in [1.54, 1.807) is 13.3 Å². The Morgan fingerprint density at radius 1 is 1.38 bits per heavy atom. The van der Waals surface area contributed by atoms with Gasteiger partial charge in [-0.15, -0.1) is 0 Å². The lowest BCUT2D eigenvalue weighted by atomic mass is 10.3. The van der Waals surface area contributed by atoms with Crippen LogP contribution in [0.1, 0.15) is 13.8 Å². The zero-order valence-corrected chi connectivity index (χ0v) is 5.81. The van der Waals surface area contributed by atoms with E-state index >= 15 is 0 Å². The Morgan fingerprint density at radius 2 is 1.88 bits per heavy atom. The fraction of sp³-hybridized carbons (Fsp3) is 0.500. The van der Waals surface area contributed by atoms with E-state index in [0.29, 0.717) is 0 Å². The molecule has 0 rings (SSSR count). The molecule has 2 heteroatoms. The smallest absolute Gasteiger partial charge is 0.0277 e. The average molecular weight is 114 g/mol. The summed E-state index contributed by atoms with van der Waals surface area (Å²) in [7, 11) is 1.76. The van der Waals surface area contributed by atoms with Gasteiger partial charge in [0, 0.05) is 13.3 Å². The van der Waals surface area contributed by atoms with Gasteiger partial charge < -0.3 is 6.15 Å².